The molecule has 0 aliphatic carbocycles. The van der Waals surface area contributed by atoms with Crippen LogP contribution in [-0.2, 0) is 42.2 Å². The van der Waals surface area contributed by atoms with Crippen LogP contribution in [0, 0.1) is 0 Å². The number of halogens is 1. The first-order valence-electron chi connectivity index (χ1n) is 7.36. The van der Waals surface area contributed by atoms with E-state index in [0.717, 1.165) is 40.6 Å². The van der Waals surface area contributed by atoms with Gasteiger partial charge < -0.3 is 29.5 Å². The summed E-state index contributed by atoms with van der Waals surface area (Å²) in [5, 5.41) is 16.7. The second kappa shape index (κ2) is 14.6. The standard InChI is InChI=1S/C16H21BrO8/c17-16-14(12-20-8-10-24-22-6-4-18)2-1-3-15(16)13-21-9-11-25-23-7-5-19/h1-7,18-19H,8-13H2/b6-4-,7-5-. The van der Waals surface area contributed by atoms with Crippen molar-refractivity contribution in [2.24, 2.45) is 0 Å². The molecule has 0 unspecified atom stereocenters. The van der Waals surface area contributed by atoms with Gasteiger partial charge in [-0.1, -0.05) is 34.1 Å². The van der Waals surface area contributed by atoms with Gasteiger partial charge in [0.15, 0.2) is 12.5 Å². The van der Waals surface area contributed by atoms with Crippen LogP contribution < -0.4 is 0 Å². The summed E-state index contributed by atoms with van der Waals surface area (Å²) in [6, 6.07) is 5.80. The highest BCUT2D eigenvalue weighted by atomic mass is 79.9. The van der Waals surface area contributed by atoms with E-state index in [-0.39, 0.29) is 13.2 Å². The second-order valence-corrected chi connectivity index (χ2v) is 5.20. The number of rotatable bonds is 14. The number of hydrogen-bond acceptors (Lipinski definition) is 8. The van der Waals surface area contributed by atoms with Gasteiger partial charge in [0.2, 0.25) is 0 Å². The highest BCUT2D eigenvalue weighted by Gasteiger charge is 2.06. The maximum atomic E-state index is 8.34. The monoisotopic (exact) mass is 420 g/mol. The molecule has 0 fully saturated rings. The molecule has 9 heteroatoms. The van der Waals surface area contributed by atoms with Gasteiger partial charge in [0.1, 0.15) is 25.7 Å². The average molecular weight is 421 g/mol. The van der Waals surface area contributed by atoms with E-state index in [1.54, 1.807) is 0 Å². The lowest BCUT2D eigenvalue weighted by Gasteiger charge is -2.11. The second-order valence-electron chi connectivity index (χ2n) is 4.40. The molecule has 1 rings (SSSR count). The first-order chi connectivity index (χ1) is 12.3. The fraction of sp³-hybridized carbons (Fsp3) is 0.375. The fourth-order valence-corrected chi connectivity index (χ4v) is 2.12. The van der Waals surface area contributed by atoms with Crippen LogP contribution in [0.25, 0.3) is 0 Å². The minimum Gasteiger partial charge on any atom is -0.512 e. The number of ether oxygens (including phenoxy) is 2. The van der Waals surface area contributed by atoms with Crippen LogP contribution in [-0.4, -0.2) is 36.6 Å². The zero-order valence-corrected chi connectivity index (χ0v) is 15.1. The van der Waals surface area contributed by atoms with Crippen LogP contribution in [0.15, 0.2) is 47.7 Å². The zero-order chi connectivity index (χ0) is 18.2. The largest absolute Gasteiger partial charge is 0.512 e. The molecule has 1 aromatic rings. The molecule has 0 spiro atoms. The summed E-state index contributed by atoms with van der Waals surface area (Å²) in [4.78, 5) is 18.4. The van der Waals surface area contributed by atoms with Crippen molar-refractivity contribution in [3.63, 3.8) is 0 Å². The molecule has 0 heterocycles. The van der Waals surface area contributed by atoms with Crippen LogP contribution in [0.3, 0.4) is 0 Å². The Morgan fingerprint density at radius 3 is 1.72 bits per heavy atom. The number of hydrogen-bond donors (Lipinski definition) is 2. The van der Waals surface area contributed by atoms with Crippen molar-refractivity contribution in [3.05, 3.63) is 58.8 Å². The average Bonchev–Trinajstić information content (AvgIpc) is 2.62. The predicted molar refractivity (Wildman–Crippen MR) is 91.1 cm³/mol. The first kappa shape index (κ1) is 21.3. The third-order valence-electron chi connectivity index (χ3n) is 2.66. The smallest absolute Gasteiger partial charge is 0.163 e. The molecule has 0 aromatic heterocycles. The molecule has 0 bridgehead atoms. The van der Waals surface area contributed by atoms with E-state index in [0.29, 0.717) is 26.4 Å². The summed E-state index contributed by atoms with van der Waals surface area (Å²) in [7, 11) is 0. The quantitative estimate of drug-likeness (QED) is 0.204. The Balaban J connectivity index is 2.25. The lowest BCUT2D eigenvalue weighted by molar-refractivity contribution is -0.256. The highest BCUT2D eigenvalue weighted by molar-refractivity contribution is 9.10. The summed E-state index contributed by atoms with van der Waals surface area (Å²) in [5.74, 6) is 0. The topological polar surface area (TPSA) is 95.8 Å². The van der Waals surface area contributed by atoms with Gasteiger partial charge in [-0.2, -0.15) is 9.78 Å². The van der Waals surface area contributed by atoms with Crippen molar-refractivity contribution in [2.75, 3.05) is 26.4 Å². The Bertz CT molecular complexity index is 479. The molecule has 0 aliphatic rings. The molecule has 8 nitrogen and oxygen atoms in total. The van der Waals surface area contributed by atoms with Gasteiger partial charge in [-0.3, -0.25) is 0 Å². The number of aliphatic hydroxyl groups excluding tert-OH is 2. The Labute approximate surface area is 154 Å². The molecule has 0 saturated carbocycles. The summed E-state index contributed by atoms with van der Waals surface area (Å²) in [5.41, 5.74) is 1.95. The highest BCUT2D eigenvalue weighted by Crippen LogP contribution is 2.23. The van der Waals surface area contributed by atoms with E-state index < -0.39 is 0 Å². The van der Waals surface area contributed by atoms with Crippen LogP contribution in [0.1, 0.15) is 11.1 Å². The molecule has 0 radical (unpaired) electrons. The number of aliphatic hydroxyl groups is 2. The van der Waals surface area contributed by atoms with E-state index in [9.17, 15) is 0 Å². The molecule has 25 heavy (non-hydrogen) atoms. The van der Waals surface area contributed by atoms with E-state index >= 15 is 0 Å². The van der Waals surface area contributed by atoms with E-state index in [2.05, 4.69) is 25.7 Å². The van der Waals surface area contributed by atoms with E-state index in [1.165, 1.54) is 0 Å². The summed E-state index contributed by atoms with van der Waals surface area (Å²) >= 11 is 3.54. The molecule has 0 amide bonds. The molecular formula is C16H21BrO8. The summed E-state index contributed by atoms with van der Waals surface area (Å²) in [6.45, 7) is 1.95. The van der Waals surface area contributed by atoms with Crippen LogP contribution in [0.5, 0.6) is 0 Å². The Morgan fingerprint density at radius 2 is 1.28 bits per heavy atom. The van der Waals surface area contributed by atoms with Gasteiger partial charge in [-0.15, -0.1) is 0 Å². The lowest BCUT2D eigenvalue weighted by Crippen LogP contribution is -2.06. The normalized spacial score (nSPS) is 11.4. The molecular weight excluding hydrogens is 400 g/mol. The van der Waals surface area contributed by atoms with Crippen LogP contribution in [0.4, 0.5) is 0 Å². The molecule has 0 saturated heterocycles. The van der Waals surface area contributed by atoms with Crippen molar-refractivity contribution in [3.8, 4) is 0 Å². The van der Waals surface area contributed by atoms with E-state index in [1.807, 2.05) is 18.2 Å². The molecule has 140 valence electrons. The van der Waals surface area contributed by atoms with Crippen molar-refractivity contribution in [1.29, 1.82) is 0 Å². The minimum atomic E-state index is 0.234. The van der Waals surface area contributed by atoms with Gasteiger partial charge in [0.25, 0.3) is 0 Å². The van der Waals surface area contributed by atoms with Crippen molar-refractivity contribution >= 4 is 15.9 Å². The SMILES string of the molecule is O/C=C\OOCCOCc1cccc(COCCOO/C=C\O)c1Br. The zero-order valence-electron chi connectivity index (χ0n) is 13.5. The summed E-state index contributed by atoms with van der Waals surface area (Å²) < 4.78 is 11.9. The number of benzene rings is 1. The molecule has 2 N–H and O–H groups in total. The van der Waals surface area contributed by atoms with Gasteiger partial charge in [0, 0.05) is 4.47 Å². The Kier molecular flexibility index (Phi) is 12.4. The lowest BCUT2D eigenvalue weighted by atomic mass is 10.1. The molecule has 1 aromatic carbocycles. The predicted octanol–water partition coefficient (Wildman–Crippen LogP) is 3.44. The van der Waals surface area contributed by atoms with Gasteiger partial charge >= 0.3 is 0 Å². The fourth-order valence-electron chi connectivity index (χ4n) is 1.63. The maximum Gasteiger partial charge on any atom is 0.163 e. The van der Waals surface area contributed by atoms with Gasteiger partial charge in [-0.05, 0) is 11.1 Å². The van der Waals surface area contributed by atoms with E-state index in [4.69, 9.17) is 29.5 Å². The third-order valence-corrected chi connectivity index (χ3v) is 3.68. The van der Waals surface area contributed by atoms with Crippen LogP contribution in [0.2, 0.25) is 0 Å². The van der Waals surface area contributed by atoms with Crippen molar-refractivity contribution in [1.82, 2.24) is 0 Å². The van der Waals surface area contributed by atoms with Gasteiger partial charge in [-0.25, -0.2) is 0 Å². The van der Waals surface area contributed by atoms with Crippen LogP contribution >= 0.6 is 15.9 Å². The first-order valence-corrected chi connectivity index (χ1v) is 8.15. The van der Waals surface area contributed by atoms with Gasteiger partial charge in [0.05, 0.1) is 26.4 Å². The minimum absolute atomic E-state index is 0.234. The molecule has 0 atom stereocenters. The van der Waals surface area contributed by atoms with Crippen molar-refractivity contribution in [2.45, 2.75) is 13.2 Å². The molecule has 0 aliphatic heterocycles. The van der Waals surface area contributed by atoms with Crippen molar-refractivity contribution < 1.29 is 39.2 Å². The summed E-state index contributed by atoms with van der Waals surface area (Å²) in [6.07, 6.45) is 3.49. The third kappa shape index (κ3) is 9.95. The maximum absolute atomic E-state index is 8.34. The Morgan fingerprint density at radius 1 is 0.800 bits per heavy atom. The Hall–Kier alpha value is -1.78.